The van der Waals surface area contributed by atoms with Gasteiger partial charge < -0.3 is 5.32 Å². The third-order valence-electron chi connectivity index (χ3n) is 4.19. The fourth-order valence-electron chi connectivity index (χ4n) is 2.96. The first-order valence-corrected chi connectivity index (χ1v) is 7.86. The van der Waals surface area contributed by atoms with Crippen LogP contribution < -0.4 is 5.32 Å². The molecule has 1 aliphatic heterocycles. The normalized spacial score (nSPS) is 40.9. The summed E-state index contributed by atoms with van der Waals surface area (Å²) in [5.74, 6) is -1.47. The Morgan fingerprint density at radius 1 is 1.17 bits per heavy atom. The molecule has 1 N–H and O–H groups in total. The Labute approximate surface area is 105 Å². The van der Waals surface area contributed by atoms with Gasteiger partial charge in [-0.25, -0.2) is 8.42 Å². The number of hydrogen-bond acceptors (Lipinski definition) is 3. The van der Waals surface area contributed by atoms with Gasteiger partial charge in [0.25, 0.3) is 0 Å². The van der Waals surface area contributed by atoms with Gasteiger partial charge in [0.15, 0.2) is 9.84 Å². The van der Waals surface area contributed by atoms with Crippen LogP contribution in [0.2, 0.25) is 0 Å². The van der Waals surface area contributed by atoms with E-state index in [1.807, 2.05) is 0 Å². The molecule has 18 heavy (non-hydrogen) atoms. The molecule has 0 aromatic rings. The summed E-state index contributed by atoms with van der Waals surface area (Å²) in [6, 6.07) is -0.307. The topological polar surface area (TPSA) is 46.2 Å². The molecule has 106 valence electrons. The van der Waals surface area contributed by atoms with Gasteiger partial charge in [0.2, 0.25) is 0 Å². The standard InChI is InChI=1S/C11H18F3NO2S/c1-7-4-5-15-9-3-2-8(11(12,13)14)6-10(9)18(7,16)17/h7-10,15H,2-6H2,1H3. The highest BCUT2D eigenvalue weighted by Gasteiger charge is 2.50. The minimum absolute atomic E-state index is 0.0293. The quantitative estimate of drug-likeness (QED) is 0.739. The Kier molecular flexibility index (Phi) is 3.66. The molecule has 2 aliphatic rings. The molecule has 7 heteroatoms. The predicted molar refractivity (Wildman–Crippen MR) is 62.0 cm³/mol. The Morgan fingerprint density at radius 2 is 1.83 bits per heavy atom. The second-order valence-electron chi connectivity index (χ2n) is 5.34. The van der Waals surface area contributed by atoms with Crippen LogP contribution in [-0.2, 0) is 9.84 Å². The van der Waals surface area contributed by atoms with Crippen molar-refractivity contribution in [1.82, 2.24) is 5.32 Å². The average Bonchev–Trinajstić information content (AvgIpc) is 2.37. The minimum Gasteiger partial charge on any atom is -0.313 e. The van der Waals surface area contributed by atoms with E-state index in [0.717, 1.165) is 0 Å². The first kappa shape index (κ1) is 14.1. The number of nitrogens with one attached hydrogen (secondary N) is 1. The van der Waals surface area contributed by atoms with Crippen molar-refractivity contribution in [3.05, 3.63) is 0 Å². The molecule has 0 amide bonds. The number of alkyl halides is 3. The highest BCUT2D eigenvalue weighted by molar-refractivity contribution is 7.92. The molecule has 0 radical (unpaired) electrons. The van der Waals surface area contributed by atoms with Crippen molar-refractivity contribution in [1.29, 1.82) is 0 Å². The first-order chi connectivity index (χ1) is 8.23. The van der Waals surface area contributed by atoms with Crippen molar-refractivity contribution < 1.29 is 21.6 Å². The van der Waals surface area contributed by atoms with Gasteiger partial charge in [-0.1, -0.05) is 0 Å². The van der Waals surface area contributed by atoms with Crippen molar-refractivity contribution in [3.8, 4) is 0 Å². The fraction of sp³-hybridized carbons (Fsp3) is 1.00. The highest BCUT2D eigenvalue weighted by atomic mass is 32.2. The molecular weight excluding hydrogens is 267 g/mol. The van der Waals surface area contributed by atoms with Crippen LogP contribution in [0.5, 0.6) is 0 Å². The Bertz CT molecular complexity index is 407. The molecule has 0 bridgehead atoms. The fourth-order valence-corrected chi connectivity index (χ4v) is 5.19. The van der Waals surface area contributed by atoms with Crippen molar-refractivity contribution >= 4 is 9.84 Å². The zero-order valence-electron chi connectivity index (χ0n) is 10.2. The van der Waals surface area contributed by atoms with Crippen LogP contribution >= 0.6 is 0 Å². The number of hydrogen-bond donors (Lipinski definition) is 1. The smallest absolute Gasteiger partial charge is 0.313 e. The summed E-state index contributed by atoms with van der Waals surface area (Å²) < 4.78 is 62.7. The largest absolute Gasteiger partial charge is 0.391 e. The minimum atomic E-state index is -4.28. The third kappa shape index (κ3) is 2.52. The Morgan fingerprint density at radius 3 is 2.44 bits per heavy atom. The average molecular weight is 285 g/mol. The Balaban J connectivity index is 2.25. The molecule has 0 aromatic carbocycles. The summed E-state index contributed by atoms with van der Waals surface area (Å²) in [5.41, 5.74) is 0. The van der Waals surface area contributed by atoms with E-state index >= 15 is 0 Å². The third-order valence-corrected chi connectivity index (χ3v) is 6.92. The summed E-state index contributed by atoms with van der Waals surface area (Å²) in [6.45, 7) is 2.16. The molecule has 0 spiro atoms. The van der Waals surface area contributed by atoms with E-state index in [2.05, 4.69) is 5.32 Å². The van der Waals surface area contributed by atoms with Crippen LogP contribution in [0.15, 0.2) is 0 Å². The maximum atomic E-state index is 12.7. The van der Waals surface area contributed by atoms with Crippen LogP contribution in [-0.4, -0.2) is 37.7 Å². The lowest BCUT2D eigenvalue weighted by Crippen LogP contribution is -2.49. The van der Waals surface area contributed by atoms with Crippen LogP contribution in [0.4, 0.5) is 13.2 Å². The molecule has 0 aromatic heterocycles. The second kappa shape index (κ2) is 4.67. The number of sulfone groups is 1. The summed E-state index contributed by atoms with van der Waals surface area (Å²) in [5, 5.41) is 1.67. The number of rotatable bonds is 0. The second-order valence-corrected chi connectivity index (χ2v) is 7.93. The molecule has 1 aliphatic carbocycles. The summed E-state index contributed by atoms with van der Waals surface area (Å²) in [4.78, 5) is 0. The van der Waals surface area contributed by atoms with E-state index in [1.54, 1.807) is 6.92 Å². The van der Waals surface area contributed by atoms with Crippen molar-refractivity contribution in [3.63, 3.8) is 0 Å². The zero-order valence-corrected chi connectivity index (χ0v) is 11.0. The molecule has 1 saturated carbocycles. The summed E-state index contributed by atoms with van der Waals surface area (Å²) >= 11 is 0. The monoisotopic (exact) mass is 285 g/mol. The summed E-state index contributed by atoms with van der Waals surface area (Å²) in [7, 11) is -3.45. The predicted octanol–water partition coefficient (Wildman–Crippen LogP) is 1.88. The van der Waals surface area contributed by atoms with Crippen molar-refractivity contribution in [2.45, 2.75) is 55.3 Å². The van der Waals surface area contributed by atoms with Crippen LogP contribution in [0.25, 0.3) is 0 Å². The lowest BCUT2D eigenvalue weighted by atomic mass is 9.85. The SMILES string of the molecule is CC1CCNC2CCC(C(F)(F)F)CC2S1(=O)=O. The van der Waals surface area contributed by atoms with E-state index in [9.17, 15) is 21.6 Å². The molecule has 3 nitrogen and oxygen atoms in total. The lowest BCUT2D eigenvalue weighted by Gasteiger charge is -2.36. The van der Waals surface area contributed by atoms with E-state index in [1.165, 1.54) is 0 Å². The number of fused-ring (bicyclic) bond motifs is 1. The van der Waals surface area contributed by atoms with Gasteiger partial charge in [-0.3, -0.25) is 0 Å². The molecule has 2 rings (SSSR count). The van der Waals surface area contributed by atoms with Gasteiger partial charge in [0, 0.05) is 6.04 Å². The lowest BCUT2D eigenvalue weighted by molar-refractivity contribution is -0.182. The molecular formula is C11H18F3NO2S. The van der Waals surface area contributed by atoms with E-state index in [4.69, 9.17) is 0 Å². The Hall–Kier alpha value is -0.300. The van der Waals surface area contributed by atoms with Crippen LogP contribution in [0, 0.1) is 5.92 Å². The maximum Gasteiger partial charge on any atom is 0.391 e. The molecule has 4 unspecified atom stereocenters. The highest BCUT2D eigenvalue weighted by Crippen LogP contribution is 2.41. The zero-order chi connectivity index (χ0) is 13.6. The first-order valence-electron chi connectivity index (χ1n) is 6.25. The van der Waals surface area contributed by atoms with Gasteiger partial charge in [-0.2, -0.15) is 13.2 Å². The van der Waals surface area contributed by atoms with Crippen LogP contribution in [0.3, 0.4) is 0 Å². The molecule has 2 fully saturated rings. The van der Waals surface area contributed by atoms with Gasteiger partial charge in [-0.15, -0.1) is 0 Å². The molecule has 4 atom stereocenters. The number of halogens is 3. The van der Waals surface area contributed by atoms with E-state index in [-0.39, 0.29) is 18.9 Å². The van der Waals surface area contributed by atoms with Crippen molar-refractivity contribution in [2.75, 3.05) is 6.54 Å². The van der Waals surface area contributed by atoms with Gasteiger partial charge in [0.1, 0.15) is 0 Å². The summed E-state index contributed by atoms with van der Waals surface area (Å²) in [6.07, 6.45) is -3.77. The molecule has 1 heterocycles. The maximum absolute atomic E-state index is 12.7. The van der Waals surface area contributed by atoms with E-state index in [0.29, 0.717) is 19.4 Å². The van der Waals surface area contributed by atoms with Crippen LogP contribution in [0.1, 0.15) is 32.6 Å². The van der Waals surface area contributed by atoms with Gasteiger partial charge >= 0.3 is 6.18 Å². The van der Waals surface area contributed by atoms with Gasteiger partial charge in [0.05, 0.1) is 16.4 Å². The van der Waals surface area contributed by atoms with E-state index < -0.39 is 32.4 Å². The molecule has 1 saturated heterocycles. The van der Waals surface area contributed by atoms with Crippen molar-refractivity contribution in [2.24, 2.45) is 5.92 Å². The van der Waals surface area contributed by atoms with Gasteiger partial charge in [-0.05, 0) is 39.2 Å².